The molecule has 5 nitrogen and oxygen atoms in total. The summed E-state index contributed by atoms with van der Waals surface area (Å²) in [6.45, 7) is 3.89. The third-order valence-corrected chi connectivity index (χ3v) is 4.10. The average Bonchev–Trinajstić information content (AvgIpc) is 2.95. The van der Waals surface area contributed by atoms with Crippen molar-refractivity contribution in [3.63, 3.8) is 0 Å². The number of halogens is 1. The standard InChI is InChI=1S/C19H20FN3O2/c1-12-8-14(4-6-17(12)25-3)13(2)21-19(24)9-16-11-23-10-15(20)5-7-18(23)22-16/h4-8,10-11,13H,9H2,1-3H3,(H,21,24)/t13-/m0/s1. The fraction of sp³-hybridized carbons (Fsp3) is 0.263. The van der Waals surface area contributed by atoms with Crippen LogP contribution in [0.5, 0.6) is 5.75 Å². The van der Waals surface area contributed by atoms with Gasteiger partial charge in [-0.1, -0.05) is 12.1 Å². The zero-order valence-corrected chi connectivity index (χ0v) is 14.4. The van der Waals surface area contributed by atoms with Crippen LogP contribution in [0.4, 0.5) is 4.39 Å². The summed E-state index contributed by atoms with van der Waals surface area (Å²) in [7, 11) is 1.63. The molecular weight excluding hydrogens is 321 g/mol. The Morgan fingerprint density at radius 1 is 1.32 bits per heavy atom. The first kappa shape index (κ1) is 17.0. The maximum atomic E-state index is 13.2. The summed E-state index contributed by atoms with van der Waals surface area (Å²) in [5.74, 6) is 0.341. The SMILES string of the molecule is COc1ccc([C@H](C)NC(=O)Cc2cn3cc(F)ccc3n2)cc1C. The van der Waals surface area contributed by atoms with Gasteiger partial charge in [0, 0.05) is 12.4 Å². The minimum atomic E-state index is -0.343. The lowest BCUT2D eigenvalue weighted by atomic mass is 10.0. The zero-order valence-electron chi connectivity index (χ0n) is 14.4. The highest BCUT2D eigenvalue weighted by Crippen LogP contribution is 2.22. The van der Waals surface area contributed by atoms with Crippen molar-refractivity contribution >= 4 is 11.6 Å². The Morgan fingerprint density at radius 3 is 2.84 bits per heavy atom. The molecule has 1 amide bonds. The number of imidazole rings is 1. The summed E-state index contributed by atoms with van der Waals surface area (Å²) in [4.78, 5) is 16.6. The number of rotatable bonds is 5. The molecule has 25 heavy (non-hydrogen) atoms. The lowest BCUT2D eigenvalue weighted by Crippen LogP contribution is -2.28. The monoisotopic (exact) mass is 341 g/mol. The quantitative estimate of drug-likeness (QED) is 0.775. The lowest BCUT2D eigenvalue weighted by Gasteiger charge is -2.15. The van der Waals surface area contributed by atoms with Crippen LogP contribution in [0.1, 0.15) is 29.8 Å². The number of amides is 1. The summed E-state index contributed by atoms with van der Waals surface area (Å²) in [5.41, 5.74) is 3.23. The molecule has 0 radical (unpaired) electrons. The molecular formula is C19H20FN3O2. The van der Waals surface area contributed by atoms with Gasteiger partial charge < -0.3 is 14.5 Å². The fourth-order valence-electron chi connectivity index (χ4n) is 2.81. The van der Waals surface area contributed by atoms with Crippen molar-refractivity contribution in [3.8, 4) is 5.75 Å². The van der Waals surface area contributed by atoms with Crippen LogP contribution in [0.2, 0.25) is 0 Å². The molecule has 3 aromatic rings. The number of pyridine rings is 1. The van der Waals surface area contributed by atoms with E-state index in [1.807, 2.05) is 32.0 Å². The van der Waals surface area contributed by atoms with Crippen molar-refractivity contribution in [1.29, 1.82) is 0 Å². The van der Waals surface area contributed by atoms with Crippen LogP contribution in [-0.2, 0) is 11.2 Å². The predicted octanol–water partition coefficient (Wildman–Crippen LogP) is 3.21. The molecule has 1 atom stereocenters. The van der Waals surface area contributed by atoms with Crippen LogP contribution in [0.25, 0.3) is 5.65 Å². The van der Waals surface area contributed by atoms with Crippen molar-refractivity contribution in [3.05, 3.63) is 65.4 Å². The largest absolute Gasteiger partial charge is 0.496 e. The average molecular weight is 341 g/mol. The molecule has 3 rings (SSSR count). The molecule has 0 fully saturated rings. The van der Waals surface area contributed by atoms with E-state index in [-0.39, 0.29) is 24.2 Å². The maximum absolute atomic E-state index is 13.2. The molecule has 0 saturated heterocycles. The van der Waals surface area contributed by atoms with Crippen molar-refractivity contribution < 1.29 is 13.9 Å². The number of aromatic nitrogens is 2. The molecule has 0 aliphatic heterocycles. The summed E-state index contributed by atoms with van der Waals surface area (Å²) < 4.78 is 20.0. The lowest BCUT2D eigenvalue weighted by molar-refractivity contribution is -0.121. The van der Waals surface area contributed by atoms with Gasteiger partial charge in [-0.05, 0) is 43.2 Å². The van der Waals surface area contributed by atoms with E-state index in [9.17, 15) is 9.18 Å². The Kier molecular flexibility index (Phi) is 4.70. The van der Waals surface area contributed by atoms with E-state index in [1.54, 1.807) is 23.8 Å². The van der Waals surface area contributed by atoms with E-state index < -0.39 is 0 Å². The summed E-state index contributed by atoms with van der Waals surface area (Å²) in [6.07, 6.45) is 3.15. The number of nitrogens with one attached hydrogen (secondary N) is 1. The molecule has 0 aliphatic carbocycles. The highest BCUT2D eigenvalue weighted by Gasteiger charge is 2.13. The Balaban J connectivity index is 1.67. The highest BCUT2D eigenvalue weighted by molar-refractivity contribution is 5.78. The topological polar surface area (TPSA) is 55.6 Å². The second-order valence-corrected chi connectivity index (χ2v) is 6.04. The zero-order chi connectivity index (χ0) is 18.0. The second-order valence-electron chi connectivity index (χ2n) is 6.04. The van der Waals surface area contributed by atoms with Crippen LogP contribution in [0, 0.1) is 12.7 Å². The fourth-order valence-corrected chi connectivity index (χ4v) is 2.81. The van der Waals surface area contributed by atoms with Gasteiger partial charge in [0.15, 0.2) is 0 Å². The van der Waals surface area contributed by atoms with Gasteiger partial charge in [-0.3, -0.25) is 4.79 Å². The van der Waals surface area contributed by atoms with Crippen LogP contribution < -0.4 is 10.1 Å². The second kappa shape index (κ2) is 6.93. The number of aryl methyl sites for hydroxylation is 1. The van der Waals surface area contributed by atoms with Gasteiger partial charge in [0.25, 0.3) is 0 Å². The third kappa shape index (κ3) is 3.79. The molecule has 0 aliphatic rings. The normalized spacial score (nSPS) is 12.2. The van der Waals surface area contributed by atoms with Gasteiger partial charge in [-0.2, -0.15) is 0 Å². The van der Waals surface area contributed by atoms with Crippen molar-refractivity contribution in [2.24, 2.45) is 0 Å². The van der Waals surface area contributed by atoms with E-state index in [0.717, 1.165) is 16.9 Å². The van der Waals surface area contributed by atoms with E-state index in [1.165, 1.54) is 12.3 Å². The number of nitrogens with zero attached hydrogens (tertiary/aromatic N) is 2. The Hall–Kier alpha value is -2.89. The van der Waals surface area contributed by atoms with Crippen LogP contribution in [0.15, 0.2) is 42.7 Å². The molecule has 130 valence electrons. The molecule has 0 saturated carbocycles. The maximum Gasteiger partial charge on any atom is 0.226 e. The van der Waals surface area contributed by atoms with E-state index in [2.05, 4.69) is 10.3 Å². The summed E-state index contributed by atoms with van der Waals surface area (Å²) in [5, 5.41) is 2.96. The van der Waals surface area contributed by atoms with Gasteiger partial charge in [-0.15, -0.1) is 0 Å². The van der Waals surface area contributed by atoms with Crippen LogP contribution in [-0.4, -0.2) is 22.4 Å². The van der Waals surface area contributed by atoms with Crippen molar-refractivity contribution in [2.75, 3.05) is 7.11 Å². The molecule has 2 heterocycles. The smallest absolute Gasteiger partial charge is 0.226 e. The molecule has 1 N–H and O–H groups in total. The Labute approximate surface area is 145 Å². The first-order valence-electron chi connectivity index (χ1n) is 8.03. The highest BCUT2D eigenvalue weighted by atomic mass is 19.1. The Bertz CT molecular complexity index is 920. The number of hydrogen-bond donors (Lipinski definition) is 1. The van der Waals surface area contributed by atoms with Gasteiger partial charge in [0.05, 0.1) is 25.3 Å². The van der Waals surface area contributed by atoms with E-state index in [4.69, 9.17) is 4.74 Å². The number of methoxy groups -OCH3 is 1. The third-order valence-electron chi connectivity index (χ3n) is 4.10. The number of benzene rings is 1. The molecule has 2 aromatic heterocycles. The molecule has 0 unspecified atom stereocenters. The molecule has 0 bridgehead atoms. The van der Waals surface area contributed by atoms with Crippen molar-refractivity contribution in [1.82, 2.24) is 14.7 Å². The minimum absolute atomic E-state index is 0.133. The minimum Gasteiger partial charge on any atom is -0.496 e. The first-order chi connectivity index (χ1) is 12.0. The van der Waals surface area contributed by atoms with Gasteiger partial charge >= 0.3 is 0 Å². The number of fused-ring (bicyclic) bond motifs is 1. The number of ether oxygens (including phenoxy) is 1. The van der Waals surface area contributed by atoms with Gasteiger partial charge in [0.1, 0.15) is 17.2 Å². The number of carbonyl (C=O) groups excluding carboxylic acids is 1. The van der Waals surface area contributed by atoms with Crippen LogP contribution in [0.3, 0.4) is 0 Å². The number of hydrogen-bond acceptors (Lipinski definition) is 3. The summed E-state index contributed by atoms with van der Waals surface area (Å²) in [6, 6.07) is 8.62. The predicted molar refractivity (Wildman–Crippen MR) is 93.1 cm³/mol. The van der Waals surface area contributed by atoms with E-state index >= 15 is 0 Å². The van der Waals surface area contributed by atoms with E-state index in [0.29, 0.717) is 11.3 Å². The Morgan fingerprint density at radius 2 is 2.12 bits per heavy atom. The molecule has 1 aromatic carbocycles. The van der Waals surface area contributed by atoms with Crippen LogP contribution >= 0.6 is 0 Å². The first-order valence-corrected chi connectivity index (χ1v) is 8.03. The molecule has 6 heteroatoms. The number of carbonyl (C=O) groups is 1. The van der Waals surface area contributed by atoms with Gasteiger partial charge in [-0.25, -0.2) is 9.37 Å². The molecule has 0 spiro atoms. The summed E-state index contributed by atoms with van der Waals surface area (Å²) >= 11 is 0. The van der Waals surface area contributed by atoms with Crippen molar-refractivity contribution in [2.45, 2.75) is 26.3 Å². The van der Waals surface area contributed by atoms with Gasteiger partial charge in [0.2, 0.25) is 5.91 Å².